The zero-order valence-corrected chi connectivity index (χ0v) is 15.0. The molecule has 0 aromatic heterocycles. The molecule has 0 fully saturated rings. The van der Waals surface area contributed by atoms with Gasteiger partial charge in [-0.2, -0.15) is 11.8 Å². The molecule has 0 aliphatic heterocycles. The van der Waals surface area contributed by atoms with Crippen molar-refractivity contribution in [3.63, 3.8) is 0 Å². The van der Waals surface area contributed by atoms with Gasteiger partial charge in [-0.25, -0.2) is 0 Å². The first-order valence-electron chi connectivity index (χ1n) is 7.88. The molecule has 0 radical (unpaired) electrons. The molecular formula is C18H31NOS. The van der Waals surface area contributed by atoms with Gasteiger partial charge >= 0.3 is 0 Å². The number of aryl methyl sites for hydroxylation is 2. The van der Waals surface area contributed by atoms with E-state index in [1.165, 1.54) is 16.7 Å². The van der Waals surface area contributed by atoms with Gasteiger partial charge in [0.1, 0.15) is 0 Å². The lowest BCUT2D eigenvalue weighted by Crippen LogP contribution is -2.49. The molecule has 1 rings (SSSR count). The lowest BCUT2D eigenvalue weighted by Gasteiger charge is -2.31. The molecule has 0 spiro atoms. The van der Waals surface area contributed by atoms with Crippen LogP contribution in [-0.4, -0.2) is 29.0 Å². The highest BCUT2D eigenvalue weighted by molar-refractivity contribution is 7.98. The summed E-state index contributed by atoms with van der Waals surface area (Å²) in [6.45, 7) is 10.9. The van der Waals surface area contributed by atoms with Crippen LogP contribution in [0.1, 0.15) is 50.3 Å². The smallest absolute Gasteiger partial charge is 0.0610 e. The maximum atomic E-state index is 9.56. The first-order chi connectivity index (χ1) is 9.84. The predicted molar refractivity (Wildman–Crippen MR) is 95.1 cm³/mol. The summed E-state index contributed by atoms with van der Waals surface area (Å²) in [5.41, 5.74) is 3.97. The SMILES string of the molecule is Cc1cc(C)cc(CSCCCC(C)(CO)NC(C)C)c1. The summed E-state index contributed by atoms with van der Waals surface area (Å²) in [7, 11) is 0. The van der Waals surface area contributed by atoms with Gasteiger partial charge in [-0.15, -0.1) is 0 Å². The normalized spacial score (nSPS) is 14.4. The average Bonchev–Trinajstić information content (AvgIpc) is 2.36. The van der Waals surface area contributed by atoms with Crippen molar-refractivity contribution < 1.29 is 5.11 Å². The van der Waals surface area contributed by atoms with Crippen LogP contribution < -0.4 is 5.32 Å². The highest BCUT2D eigenvalue weighted by Crippen LogP contribution is 2.19. The highest BCUT2D eigenvalue weighted by Gasteiger charge is 2.22. The Morgan fingerprint density at radius 1 is 1.19 bits per heavy atom. The molecule has 1 aromatic rings. The summed E-state index contributed by atoms with van der Waals surface area (Å²) >= 11 is 1.98. The Morgan fingerprint density at radius 3 is 2.33 bits per heavy atom. The molecule has 0 aliphatic carbocycles. The van der Waals surface area contributed by atoms with E-state index in [1.54, 1.807) is 0 Å². The Bertz CT molecular complexity index is 413. The summed E-state index contributed by atoms with van der Waals surface area (Å²) in [5, 5.41) is 13.0. The van der Waals surface area contributed by atoms with Crippen LogP contribution in [0.2, 0.25) is 0 Å². The second kappa shape index (κ2) is 8.82. The summed E-state index contributed by atoms with van der Waals surface area (Å²) < 4.78 is 0. The van der Waals surface area contributed by atoms with E-state index in [0.29, 0.717) is 6.04 Å². The molecular weight excluding hydrogens is 278 g/mol. The van der Waals surface area contributed by atoms with Crippen LogP contribution in [0.3, 0.4) is 0 Å². The number of thioether (sulfide) groups is 1. The van der Waals surface area contributed by atoms with Crippen molar-refractivity contribution in [2.75, 3.05) is 12.4 Å². The number of rotatable bonds is 9. The van der Waals surface area contributed by atoms with Crippen molar-refractivity contribution in [1.29, 1.82) is 0 Å². The Morgan fingerprint density at radius 2 is 1.81 bits per heavy atom. The van der Waals surface area contributed by atoms with Crippen LogP contribution >= 0.6 is 11.8 Å². The van der Waals surface area contributed by atoms with E-state index in [-0.39, 0.29) is 12.1 Å². The number of nitrogens with one attached hydrogen (secondary N) is 1. The Kier molecular flexibility index (Phi) is 7.78. The lowest BCUT2D eigenvalue weighted by molar-refractivity contribution is 0.156. The van der Waals surface area contributed by atoms with Gasteiger partial charge in [0, 0.05) is 17.3 Å². The molecule has 3 heteroatoms. The second-order valence-corrected chi connectivity index (χ2v) is 7.78. The third-order valence-electron chi connectivity index (χ3n) is 3.55. The van der Waals surface area contributed by atoms with Gasteiger partial charge in [-0.3, -0.25) is 0 Å². The van der Waals surface area contributed by atoms with E-state index < -0.39 is 0 Å². The third kappa shape index (κ3) is 7.35. The topological polar surface area (TPSA) is 32.3 Å². The zero-order valence-electron chi connectivity index (χ0n) is 14.2. The Labute approximate surface area is 134 Å². The van der Waals surface area contributed by atoms with Gasteiger partial charge in [0.2, 0.25) is 0 Å². The van der Waals surface area contributed by atoms with Gasteiger partial charge < -0.3 is 10.4 Å². The fourth-order valence-electron chi connectivity index (χ4n) is 2.80. The minimum absolute atomic E-state index is 0.144. The number of aliphatic hydroxyl groups is 1. The van der Waals surface area contributed by atoms with E-state index in [2.05, 4.69) is 58.1 Å². The molecule has 2 nitrogen and oxygen atoms in total. The minimum atomic E-state index is -0.144. The van der Waals surface area contributed by atoms with Gasteiger partial charge in [0.25, 0.3) is 0 Å². The summed E-state index contributed by atoms with van der Waals surface area (Å²) in [6.07, 6.45) is 2.15. The van der Waals surface area contributed by atoms with E-state index >= 15 is 0 Å². The van der Waals surface area contributed by atoms with Crippen LogP contribution in [0.15, 0.2) is 18.2 Å². The van der Waals surface area contributed by atoms with E-state index in [4.69, 9.17) is 0 Å². The molecule has 1 aromatic carbocycles. The number of hydrogen-bond donors (Lipinski definition) is 2. The van der Waals surface area contributed by atoms with Crippen LogP contribution in [0, 0.1) is 13.8 Å². The maximum Gasteiger partial charge on any atom is 0.0610 e. The van der Waals surface area contributed by atoms with Crippen molar-refractivity contribution in [1.82, 2.24) is 5.32 Å². The monoisotopic (exact) mass is 309 g/mol. The van der Waals surface area contributed by atoms with Crippen molar-refractivity contribution in [3.05, 3.63) is 34.9 Å². The molecule has 0 bridgehead atoms. The molecule has 0 heterocycles. The Balaban J connectivity index is 2.30. The number of benzene rings is 1. The number of hydrogen-bond acceptors (Lipinski definition) is 3. The third-order valence-corrected chi connectivity index (χ3v) is 4.67. The fraction of sp³-hybridized carbons (Fsp3) is 0.667. The second-order valence-electron chi connectivity index (χ2n) is 6.67. The first-order valence-corrected chi connectivity index (χ1v) is 9.03. The lowest BCUT2D eigenvalue weighted by atomic mass is 9.96. The fourth-order valence-corrected chi connectivity index (χ4v) is 3.70. The van der Waals surface area contributed by atoms with Gasteiger partial charge in [0.05, 0.1) is 6.61 Å². The van der Waals surface area contributed by atoms with Crippen molar-refractivity contribution in [2.24, 2.45) is 0 Å². The van der Waals surface area contributed by atoms with E-state index in [1.807, 2.05) is 11.8 Å². The van der Waals surface area contributed by atoms with Crippen LogP contribution in [-0.2, 0) is 5.75 Å². The number of aliphatic hydroxyl groups excluding tert-OH is 1. The predicted octanol–water partition coefficient (Wildman–Crippen LogP) is 4.07. The van der Waals surface area contributed by atoms with Gasteiger partial charge in [-0.05, 0) is 44.9 Å². The zero-order chi connectivity index (χ0) is 15.9. The largest absolute Gasteiger partial charge is 0.394 e. The van der Waals surface area contributed by atoms with Crippen LogP contribution in [0.5, 0.6) is 0 Å². The minimum Gasteiger partial charge on any atom is -0.394 e. The van der Waals surface area contributed by atoms with Crippen molar-refractivity contribution >= 4 is 11.8 Å². The first kappa shape index (κ1) is 18.5. The molecule has 0 saturated carbocycles. The molecule has 120 valence electrons. The molecule has 1 unspecified atom stereocenters. The van der Waals surface area contributed by atoms with E-state index in [0.717, 1.165) is 24.3 Å². The van der Waals surface area contributed by atoms with Gasteiger partial charge in [0.15, 0.2) is 0 Å². The van der Waals surface area contributed by atoms with Crippen LogP contribution in [0.4, 0.5) is 0 Å². The maximum absolute atomic E-state index is 9.56. The summed E-state index contributed by atoms with van der Waals surface area (Å²) in [5.74, 6) is 2.22. The summed E-state index contributed by atoms with van der Waals surface area (Å²) in [4.78, 5) is 0. The molecule has 0 saturated heterocycles. The van der Waals surface area contributed by atoms with Gasteiger partial charge in [-0.1, -0.05) is 43.2 Å². The van der Waals surface area contributed by atoms with Crippen molar-refractivity contribution in [3.8, 4) is 0 Å². The van der Waals surface area contributed by atoms with E-state index in [9.17, 15) is 5.11 Å². The summed E-state index contributed by atoms with van der Waals surface area (Å²) in [6, 6.07) is 7.18. The standard InChI is InChI=1S/C18H31NOS/c1-14(2)19-18(5,13-20)7-6-8-21-12-17-10-15(3)9-16(4)11-17/h9-11,14,19-20H,6-8,12-13H2,1-5H3. The van der Waals surface area contributed by atoms with Crippen molar-refractivity contribution in [2.45, 2.75) is 64.8 Å². The van der Waals surface area contributed by atoms with Crippen LogP contribution in [0.25, 0.3) is 0 Å². The average molecular weight is 310 g/mol. The quantitative estimate of drug-likeness (QED) is 0.675. The molecule has 1 atom stereocenters. The molecule has 0 amide bonds. The molecule has 21 heavy (non-hydrogen) atoms. The highest BCUT2D eigenvalue weighted by atomic mass is 32.2. The molecule has 0 aliphatic rings. The molecule has 2 N–H and O–H groups in total. The Hall–Kier alpha value is -0.510.